The zero-order chi connectivity index (χ0) is 34.0. The van der Waals surface area contributed by atoms with Crippen molar-refractivity contribution in [3.8, 4) is 0 Å². The Hall–Kier alpha value is -2.73. The van der Waals surface area contributed by atoms with E-state index in [1.165, 1.54) is 6.92 Å². The van der Waals surface area contributed by atoms with Gasteiger partial charge >= 0.3 is 18.0 Å². The number of carbonyl (C=O) groups excluding carboxylic acids is 3. The van der Waals surface area contributed by atoms with E-state index in [9.17, 15) is 24.6 Å². The summed E-state index contributed by atoms with van der Waals surface area (Å²) in [7, 11) is 0. The highest BCUT2D eigenvalue weighted by atomic mass is 16.6. The molecule has 0 aromatic carbocycles. The molecule has 11 nitrogen and oxygen atoms in total. The number of aliphatic hydroxyl groups is 2. The summed E-state index contributed by atoms with van der Waals surface area (Å²) in [6, 6.07) is 0. The van der Waals surface area contributed by atoms with Gasteiger partial charge in [0.15, 0.2) is 6.10 Å². The van der Waals surface area contributed by atoms with Crippen molar-refractivity contribution in [2.45, 2.75) is 123 Å². The number of carbonyl (C=O) groups is 3. The van der Waals surface area contributed by atoms with Crippen LogP contribution < -0.4 is 5.32 Å². The molecule has 3 rings (SSSR count). The fourth-order valence-corrected chi connectivity index (χ4v) is 6.24. The van der Waals surface area contributed by atoms with E-state index in [0.717, 1.165) is 12.0 Å². The number of allylic oxidation sites excluding steroid dienone is 3. The molecule has 3 aliphatic heterocycles. The summed E-state index contributed by atoms with van der Waals surface area (Å²) in [4.78, 5) is 39.9. The monoisotopic (exact) mass is 648 g/mol. The lowest BCUT2D eigenvalue weighted by atomic mass is 9.88. The summed E-state index contributed by atoms with van der Waals surface area (Å²) in [5, 5.41) is 24.1. The van der Waals surface area contributed by atoms with Crippen molar-refractivity contribution < 1.29 is 43.5 Å². The van der Waals surface area contributed by atoms with Crippen LogP contribution in [0.1, 0.15) is 80.6 Å². The van der Waals surface area contributed by atoms with E-state index in [1.807, 2.05) is 45.9 Å². The van der Waals surface area contributed by atoms with Gasteiger partial charge in [0.25, 0.3) is 0 Å². The molecule has 260 valence electrons. The number of aliphatic hydroxyl groups excluding tert-OH is 2. The van der Waals surface area contributed by atoms with Crippen LogP contribution in [0.4, 0.5) is 4.79 Å². The molecule has 1 amide bonds. The van der Waals surface area contributed by atoms with Crippen molar-refractivity contribution >= 4 is 18.0 Å². The van der Waals surface area contributed by atoms with Crippen molar-refractivity contribution in [2.75, 3.05) is 26.2 Å². The lowest BCUT2D eigenvalue weighted by Gasteiger charge is -2.37. The van der Waals surface area contributed by atoms with E-state index in [-0.39, 0.29) is 55.3 Å². The molecule has 2 saturated heterocycles. The normalized spacial score (nSPS) is 34.0. The second kappa shape index (κ2) is 17.4. The molecule has 46 heavy (non-hydrogen) atoms. The predicted octanol–water partition coefficient (Wildman–Crippen LogP) is 4.07. The van der Waals surface area contributed by atoms with Crippen LogP contribution in [-0.4, -0.2) is 102 Å². The summed E-state index contributed by atoms with van der Waals surface area (Å²) in [6.45, 7) is 15.2. The second-order valence-corrected chi connectivity index (χ2v) is 13.5. The van der Waals surface area contributed by atoms with Crippen molar-refractivity contribution in [3.05, 3.63) is 36.0 Å². The van der Waals surface area contributed by atoms with Gasteiger partial charge in [-0.15, -0.1) is 0 Å². The minimum absolute atomic E-state index is 0.0874. The Balaban J connectivity index is 1.79. The van der Waals surface area contributed by atoms with E-state index >= 15 is 0 Å². The fourth-order valence-electron chi connectivity index (χ4n) is 6.24. The number of epoxide rings is 1. The minimum atomic E-state index is -1.27. The van der Waals surface area contributed by atoms with Crippen molar-refractivity contribution in [2.24, 2.45) is 17.8 Å². The first-order valence-corrected chi connectivity index (χ1v) is 16.8. The van der Waals surface area contributed by atoms with Gasteiger partial charge in [0, 0.05) is 44.9 Å². The van der Waals surface area contributed by atoms with Gasteiger partial charge in [-0.05, 0) is 57.1 Å². The van der Waals surface area contributed by atoms with Gasteiger partial charge in [-0.1, -0.05) is 52.0 Å². The van der Waals surface area contributed by atoms with E-state index < -0.39 is 41.9 Å². The number of nitrogens with one attached hydrogen (secondary N) is 1. The molecule has 0 bridgehead atoms. The Morgan fingerprint density at radius 3 is 2.57 bits per heavy atom. The van der Waals surface area contributed by atoms with Crippen LogP contribution in [-0.2, 0) is 28.5 Å². The third-order valence-corrected chi connectivity index (χ3v) is 9.30. The SMILES string of the molecule is CCC(O)C(C)[C@H]1O[C@@H]1CC(C)/C=C/C=C(\C)[C@H]1OC(=O)C[C@@H](O)CC[C@](C)(OC(C)=O)[C@@H](OC(=O)N2CCNCC2)/C=C/[C@@H]1C. The average Bonchev–Trinajstić information content (AvgIpc) is 3.77. The van der Waals surface area contributed by atoms with Gasteiger partial charge in [0.05, 0.1) is 30.8 Å². The summed E-state index contributed by atoms with van der Waals surface area (Å²) >= 11 is 0. The molecule has 0 radical (unpaired) electrons. The summed E-state index contributed by atoms with van der Waals surface area (Å²) in [5.74, 6) is -1.06. The van der Waals surface area contributed by atoms with Crippen molar-refractivity contribution in [1.82, 2.24) is 10.2 Å². The Morgan fingerprint density at radius 1 is 1.22 bits per heavy atom. The van der Waals surface area contributed by atoms with Gasteiger partial charge in [0.2, 0.25) is 0 Å². The average molecular weight is 649 g/mol. The first kappa shape index (κ1) is 37.7. The molecule has 3 N–H and O–H groups in total. The molecule has 2 fully saturated rings. The molecule has 0 spiro atoms. The highest BCUT2D eigenvalue weighted by molar-refractivity contribution is 5.71. The van der Waals surface area contributed by atoms with Crippen LogP contribution in [0.2, 0.25) is 0 Å². The first-order chi connectivity index (χ1) is 21.7. The number of cyclic esters (lactones) is 1. The van der Waals surface area contributed by atoms with E-state index in [2.05, 4.69) is 18.3 Å². The highest BCUT2D eigenvalue weighted by Gasteiger charge is 2.45. The number of piperazine rings is 1. The number of hydrogen-bond acceptors (Lipinski definition) is 10. The molecular formula is C35H56N2O9. The zero-order valence-electron chi connectivity index (χ0n) is 28.6. The Kier molecular flexibility index (Phi) is 14.3. The van der Waals surface area contributed by atoms with Crippen LogP contribution >= 0.6 is 0 Å². The third-order valence-electron chi connectivity index (χ3n) is 9.30. The molecule has 3 unspecified atom stereocenters. The predicted molar refractivity (Wildman–Crippen MR) is 174 cm³/mol. The summed E-state index contributed by atoms with van der Waals surface area (Å²) < 4.78 is 23.5. The second-order valence-electron chi connectivity index (χ2n) is 13.5. The van der Waals surface area contributed by atoms with Gasteiger partial charge < -0.3 is 39.4 Å². The van der Waals surface area contributed by atoms with Crippen LogP contribution in [0.5, 0.6) is 0 Å². The smallest absolute Gasteiger partial charge is 0.410 e. The number of esters is 2. The Bertz CT molecular complexity index is 1120. The fraction of sp³-hybridized carbons (Fsp3) is 0.743. The van der Waals surface area contributed by atoms with Crippen LogP contribution in [0.3, 0.4) is 0 Å². The van der Waals surface area contributed by atoms with E-state index in [0.29, 0.717) is 32.6 Å². The molecular weight excluding hydrogens is 592 g/mol. The summed E-state index contributed by atoms with van der Waals surface area (Å²) in [6.07, 6.45) is 7.84. The lowest BCUT2D eigenvalue weighted by Crippen LogP contribution is -2.51. The van der Waals surface area contributed by atoms with Gasteiger partial charge in [-0.3, -0.25) is 9.59 Å². The number of hydrogen-bond donors (Lipinski definition) is 3. The van der Waals surface area contributed by atoms with E-state index in [4.69, 9.17) is 18.9 Å². The maximum Gasteiger partial charge on any atom is 0.410 e. The van der Waals surface area contributed by atoms with Crippen LogP contribution in [0.25, 0.3) is 0 Å². The number of ether oxygens (including phenoxy) is 4. The molecule has 0 aliphatic carbocycles. The largest absolute Gasteiger partial charge is 0.457 e. The van der Waals surface area contributed by atoms with Crippen molar-refractivity contribution in [3.63, 3.8) is 0 Å². The molecule has 11 heteroatoms. The van der Waals surface area contributed by atoms with Gasteiger partial charge in [-0.25, -0.2) is 4.79 Å². The Labute approximate surface area is 274 Å². The van der Waals surface area contributed by atoms with Gasteiger partial charge in [0.1, 0.15) is 11.7 Å². The number of nitrogens with zero attached hydrogens (tertiary/aromatic N) is 1. The third kappa shape index (κ3) is 11.2. The van der Waals surface area contributed by atoms with Crippen LogP contribution in [0, 0.1) is 17.8 Å². The molecule has 0 saturated carbocycles. The summed E-state index contributed by atoms with van der Waals surface area (Å²) in [5.41, 5.74) is -0.468. The maximum absolute atomic E-state index is 13.2. The molecule has 0 aromatic heterocycles. The molecule has 3 heterocycles. The zero-order valence-corrected chi connectivity index (χ0v) is 28.6. The lowest BCUT2D eigenvalue weighted by molar-refractivity contribution is -0.168. The van der Waals surface area contributed by atoms with E-state index in [1.54, 1.807) is 17.9 Å². The highest BCUT2D eigenvalue weighted by Crippen LogP contribution is 2.36. The van der Waals surface area contributed by atoms with Gasteiger partial charge in [-0.2, -0.15) is 0 Å². The number of rotatable bonds is 10. The first-order valence-electron chi connectivity index (χ1n) is 16.8. The standard InChI is InChI=1S/C35H56N2O9/c1-8-28(40)25(5)33-29(43-33)20-22(2)10-9-11-23(3)32-24(4)12-13-30(44-34(42)37-18-16-36-17-19-37)35(7,46-26(6)38)15-14-27(39)21-31(41)45-32/h9-13,22,24-25,27-30,32-33,36,39-40H,8,14-21H2,1-7H3/b10-9+,13-12+,23-11+/t22?,24-,25?,27-,28?,29+,30-,32+,33+,35-/m0/s1. The Morgan fingerprint density at radius 2 is 1.91 bits per heavy atom. The molecule has 0 aromatic rings. The molecule has 10 atom stereocenters. The quantitative estimate of drug-likeness (QED) is 0.104. The van der Waals surface area contributed by atoms with Crippen molar-refractivity contribution in [1.29, 1.82) is 0 Å². The minimum Gasteiger partial charge on any atom is -0.457 e. The topological polar surface area (TPSA) is 147 Å². The maximum atomic E-state index is 13.2. The molecule has 3 aliphatic rings. The number of amides is 1. The van der Waals surface area contributed by atoms with Crippen LogP contribution in [0.15, 0.2) is 36.0 Å².